The number of nitrogens with zero attached hydrogens (tertiary/aromatic N) is 4. The molecule has 0 radical (unpaired) electrons. The van der Waals surface area contributed by atoms with Crippen molar-refractivity contribution in [2.24, 2.45) is 0 Å². The summed E-state index contributed by atoms with van der Waals surface area (Å²) in [6, 6.07) is 2.24. The third-order valence-electron chi connectivity index (χ3n) is 2.41. The van der Waals surface area contributed by atoms with Crippen LogP contribution in [0.1, 0.15) is 18.9 Å². The zero-order valence-corrected chi connectivity index (χ0v) is 10.6. The average molecular weight is 280 g/mol. The Morgan fingerprint density at radius 3 is 2.55 bits per heavy atom. The third kappa shape index (κ3) is 3.35. The van der Waals surface area contributed by atoms with Crippen molar-refractivity contribution < 1.29 is 13.2 Å². The molecule has 0 saturated carbocycles. The molecule has 0 aromatic carbocycles. The standard InChI is InChI=1S/C13H11F3N4/c1-2-3-4-7-20-18-9-12(19-20)11-6-5-10(8-17-11)13(14,15)16/h5-6,8-9H,2,7H2,1H3. The van der Waals surface area contributed by atoms with E-state index in [1.807, 2.05) is 6.92 Å². The quantitative estimate of drug-likeness (QED) is 0.794. The van der Waals surface area contributed by atoms with Crippen molar-refractivity contribution in [1.82, 2.24) is 20.0 Å². The van der Waals surface area contributed by atoms with Gasteiger partial charge in [-0.1, -0.05) is 12.8 Å². The summed E-state index contributed by atoms with van der Waals surface area (Å²) in [7, 11) is 0. The van der Waals surface area contributed by atoms with Gasteiger partial charge in [-0.25, -0.2) is 0 Å². The molecule has 2 rings (SSSR count). The van der Waals surface area contributed by atoms with Crippen LogP contribution in [-0.2, 0) is 12.7 Å². The van der Waals surface area contributed by atoms with Gasteiger partial charge in [-0.15, -0.1) is 5.92 Å². The first-order chi connectivity index (χ1) is 9.50. The Morgan fingerprint density at radius 1 is 1.15 bits per heavy atom. The lowest BCUT2D eigenvalue weighted by molar-refractivity contribution is -0.137. The summed E-state index contributed by atoms with van der Waals surface area (Å²) >= 11 is 0. The van der Waals surface area contributed by atoms with Gasteiger partial charge < -0.3 is 0 Å². The molecule has 0 fully saturated rings. The molecule has 104 valence electrons. The van der Waals surface area contributed by atoms with Gasteiger partial charge in [-0.2, -0.15) is 28.2 Å². The number of alkyl halides is 3. The lowest BCUT2D eigenvalue weighted by Gasteiger charge is -2.05. The molecule has 0 unspecified atom stereocenters. The van der Waals surface area contributed by atoms with Gasteiger partial charge in [0.1, 0.15) is 12.2 Å². The molecular formula is C13H11F3N4. The van der Waals surface area contributed by atoms with E-state index in [1.165, 1.54) is 17.1 Å². The van der Waals surface area contributed by atoms with Crippen molar-refractivity contribution in [2.75, 3.05) is 0 Å². The summed E-state index contributed by atoms with van der Waals surface area (Å²) in [5, 5.41) is 8.08. The fourth-order valence-corrected chi connectivity index (χ4v) is 1.46. The van der Waals surface area contributed by atoms with Crippen LogP contribution in [0.5, 0.6) is 0 Å². The summed E-state index contributed by atoms with van der Waals surface area (Å²) in [6.45, 7) is 2.27. The highest BCUT2D eigenvalue weighted by atomic mass is 19.4. The highest BCUT2D eigenvalue weighted by molar-refractivity contribution is 5.52. The van der Waals surface area contributed by atoms with Crippen LogP contribution in [0, 0.1) is 11.8 Å². The van der Waals surface area contributed by atoms with Crippen molar-refractivity contribution in [3.05, 3.63) is 30.1 Å². The maximum Gasteiger partial charge on any atom is 0.417 e. The van der Waals surface area contributed by atoms with Crippen LogP contribution in [0.2, 0.25) is 0 Å². The predicted molar refractivity (Wildman–Crippen MR) is 66.3 cm³/mol. The molecule has 0 aliphatic rings. The molecule has 0 atom stereocenters. The van der Waals surface area contributed by atoms with Gasteiger partial charge in [0.2, 0.25) is 0 Å². The number of pyridine rings is 1. The van der Waals surface area contributed by atoms with E-state index < -0.39 is 11.7 Å². The number of rotatable bonds is 2. The number of halogens is 3. The Balaban J connectivity index is 2.16. The summed E-state index contributed by atoms with van der Waals surface area (Å²) < 4.78 is 37.2. The Bertz CT molecular complexity index is 632. The van der Waals surface area contributed by atoms with Crippen molar-refractivity contribution in [1.29, 1.82) is 0 Å². The molecule has 0 saturated heterocycles. The number of aromatic nitrogens is 4. The first kappa shape index (κ1) is 14.1. The van der Waals surface area contributed by atoms with Gasteiger partial charge in [0, 0.05) is 12.6 Å². The number of hydrogen-bond acceptors (Lipinski definition) is 3. The van der Waals surface area contributed by atoms with E-state index >= 15 is 0 Å². The van der Waals surface area contributed by atoms with E-state index in [-0.39, 0.29) is 0 Å². The molecule has 2 aromatic heterocycles. The monoisotopic (exact) mass is 280 g/mol. The minimum Gasteiger partial charge on any atom is -0.254 e. The molecule has 0 spiro atoms. The van der Waals surface area contributed by atoms with Crippen LogP contribution in [0.15, 0.2) is 24.5 Å². The van der Waals surface area contributed by atoms with E-state index in [0.29, 0.717) is 17.9 Å². The first-order valence-electron chi connectivity index (χ1n) is 5.90. The SMILES string of the molecule is CCC#CCn1ncc(-c2ccc(C(F)(F)F)cn2)n1. The van der Waals surface area contributed by atoms with Crippen molar-refractivity contribution in [3.63, 3.8) is 0 Å². The van der Waals surface area contributed by atoms with Gasteiger partial charge in [0.05, 0.1) is 17.5 Å². The Morgan fingerprint density at radius 2 is 1.95 bits per heavy atom. The summed E-state index contributed by atoms with van der Waals surface area (Å²) in [5.41, 5.74) is -0.0350. The molecule has 0 N–H and O–H groups in total. The molecule has 7 heteroatoms. The van der Waals surface area contributed by atoms with Crippen molar-refractivity contribution >= 4 is 0 Å². The lowest BCUT2D eigenvalue weighted by atomic mass is 10.2. The first-order valence-corrected chi connectivity index (χ1v) is 5.90. The molecule has 20 heavy (non-hydrogen) atoms. The van der Waals surface area contributed by atoms with Gasteiger partial charge in [0.25, 0.3) is 0 Å². The maximum absolute atomic E-state index is 12.4. The van der Waals surface area contributed by atoms with Crippen LogP contribution in [0.3, 0.4) is 0 Å². The zero-order valence-electron chi connectivity index (χ0n) is 10.6. The second kappa shape index (κ2) is 5.74. The molecule has 2 heterocycles. The van der Waals surface area contributed by atoms with Gasteiger partial charge in [-0.05, 0) is 12.1 Å². The van der Waals surface area contributed by atoms with Crippen molar-refractivity contribution in [2.45, 2.75) is 26.1 Å². The van der Waals surface area contributed by atoms with E-state index in [9.17, 15) is 13.2 Å². The Labute approximate surface area is 113 Å². The second-order valence-corrected chi connectivity index (χ2v) is 3.90. The van der Waals surface area contributed by atoms with E-state index in [4.69, 9.17) is 0 Å². The summed E-state index contributed by atoms with van der Waals surface area (Å²) in [6.07, 6.45) is -1.41. The number of hydrogen-bond donors (Lipinski definition) is 0. The third-order valence-corrected chi connectivity index (χ3v) is 2.41. The molecule has 2 aromatic rings. The minimum atomic E-state index is -4.39. The van der Waals surface area contributed by atoms with Crippen molar-refractivity contribution in [3.8, 4) is 23.2 Å². The van der Waals surface area contributed by atoms with Crippen LogP contribution in [-0.4, -0.2) is 20.0 Å². The van der Waals surface area contributed by atoms with Gasteiger partial charge in [-0.3, -0.25) is 4.98 Å². The molecular weight excluding hydrogens is 269 g/mol. The molecule has 0 aliphatic heterocycles. The van der Waals surface area contributed by atoms with Crippen LogP contribution < -0.4 is 0 Å². The Kier molecular flexibility index (Phi) is 4.03. The normalized spacial score (nSPS) is 11.0. The largest absolute Gasteiger partial charge is 0.417 e. The molecule has 0 amide bonds. The fraction of sp³-hybridized carbons (Fsp3) is 0.308. The fourth-order valence-electron chi connectivity index (χ4n) is 1.46. The van der Waals surface area contributed by atoms with Gasteiger partial charge >= 0.3 is 6.18 Å². The second-order valence-electron chi connectivity index (χ2n) is 3.90. The van der Waals surface area contributed by atoms with E-state index in [0.717, 1.165) is 18.7 Å². The van der Waals surface area contributed by atoms with Crippen LogP contribution in [0.4, 0.5) is 13.2 Å². The molecule has 4 nitrogen and oxygen atoms in total. The average Bonchev–Trinajstić information content (AvgIpc) is 2.87. The van der Waals surface area contributed by atoms with E-state index in [2.05, 4.69) is 27.0 Å². The van der Waals surface area contributed by atoms with Gasteiger partial charge in [0.15, 0.2) is 0 Å². The Hall–Kier alpha value is -2.36. The summed E-state index contributed by atoms with van der Waals surface area (Å²) in [5.74, 6) is 5.74. The molecule has 0 aliphatic carbocycles. The minimum absolute atomic E-state index is 0.340. The zero-order chi connectivity index (χ0) is 14.6. The lowest BCUT2D eigenvalue weighted by Crippen LogP contribution is -2.05. The molecule has 0 bridgehead atoms. The predicted octanol–water partition coefficient (Wildman–Crippen LogP) is 2.77. The summed E-state index contributed by atoms with van der Waals surface area (Å²) in [4.78, 5) is 5.13. The van der Waals surface area contributed by atoms with Crippen LogP contribution in [0.25, 0.3) is 11.4 Å². The maximum atomic E-state index is 12.4. The smallest absolute Gasteiger partial charge is 0.254 e. The highest BCUT2D eigenvalue weighted by Gasteiger charge is 2.30. The topological polar surface area (TPSA) is 43.6 Å². The van der Waals surface area contributed by atoms with Crippen LogP contribution >= 0.6 is 0 Å². The van der Waals surface area contributed by atoms with E-state index in [1.54, 1.807) is 0 Å². The highest BCUT2D eigenvalue weighted by Crippen LogP contribution is 2.29.